The number of hydrogen-bond donors (Lipinski definition) is 1. The normalized spacial score (nSPS) is 16.8. The molecule has 0 spiro atoms. The average molecular weight is 370 g/mol. The van der Waals surface area contributed by atoms with Crippen LogP contribution in [0, 0.1) is 0 Å². The predicted octanol–water partition coefficient (Wildman–Crippen LogP) is 3.82. The first-order valence-corrected chi connectivity index (χ1v) is 9.50. The number of carboxylic acids is 1. The molecule has 0 fully saturated rings. The van der Waals surface area contributed by atoms with E-state index in [1.165, 1.54) is 23.1 Å². The summed E-state index contributed by atoms with van der Waals surface area (Å²) in [6.07, 6.45) is 0. The minimum absolute atomic E-state index is 0.464. The van der Waals surface area contributed by atoms with Crippen molar-refractivity contribution in [2.45, 2.75) is 12.6 Å². The number of aliphatic carboxylic acids is 1. The van der Waals surface area contributed by atoms with Crippen LogP contribution in [-0.4, -0.2) is 32.9 Å². The molecule has 0 saturated carbocycles. The Morgan fingerprint density at radius 1 is 1.24 bits per heavy atom. The second-order valence-corrected chi connectivity index (χ2v) is 7.56. The zero-order valence-corrected chi connectivity index (χ0v) is 14.7. The van der Waals surface area contributed by atoms with Crippen LogP contribution in [0.5, 0.6) is 5.75 Å². The quantitative estimate of drug-likeness (QED) is 0.739. The molecule has 1 aliphatic heterocycles. The number of carboxylic acid groups (broad SMARTS) is 1. The van der Waals surface area contributed by atoms with Gasteiger partial charge in [-0.15, -0.1) is 23.1 Å². The van der Waals surface area contributed by atoms with Gasteiger partial charge in [0.15, 0.2) is 6.04 Å². The van der Waals surface area contributed by atoms with Crippen molar-refractivity contribution in [2.24, 2.45) is 4.99 Å². The Hall–Kier alpha value is -2.38. The number of benzene rings is 2. The summed E-state index contributed by atoms with van der Waals surface area (Å²) >= 11 is 2.95. The monoisotopic (exact) mass is 370 g/mol. The summed E-state index contributed by atoms with van der Waals surface area (Å²) < 4.78 is 6.85. The molecule has 0 aliphatic carbocycles. The Labute approximate surface area is 152 Å². The molecule has 1 N–H and O–H groups in total. The van der Waals surface area contributed by atoms with Crippen molar-refractivity contribution in [2.75, 3.05) is 5.75 Å². The molecule has 0 unspecified atom stereocenters. The van der Waals surface area contributed by atoms with Crippen molar-refractivity contribution in [3.63, 3.8) is 0 Å². The Balaban J connectivity index is 1.53. The molecule has 0 radical (unpaired) electrons. The Kier molecular flexibility index (Phi) is 4.42. The largest absolute Gasteiger partial charge is 0.489 e. The molecule has 4 rings (SSSR count). The molecule has 2 aromatic carbocycles. The number of fused-ring (bicyclic) bond motifs is 1. The maximum atomic E-state index is 11.0. The van der Waals surface area contributed by atoms with Gasteiger partial charge >= 0.3 is 5.97 Å². The van der Waals surface area contributed by atoms with Crippen LogP contribution in [0.4, 0.5) is 0 Å². The van der Waals surface area contributed by atoms with Gasteiger partial charge in [0.2, 0.25) is 0 Å². The van der Waals surface area contributed by atoms with Crippen molar-refractivity contribution in [1.29, 1.82) is 0 Å². The van der Waals surface area contributed by atoms with E-state index < -0.39 is 12.0 Å². The van der Waals surface area contributed by atoms with Crippen LogP contribution in [0.15, 0.2) is 53.5 Å². The predicted molar refractivity (Wildman–Crippen MR) is 101 cm³/mol. The first-order chi connectivity index (χ1) is 12.2. The van der Waals surface area contributed by atoms with E-state index in [1.807, 2.05) is 48.5 Å². The van der Waals surface area contributed by atoms with E-state index in [0.29, 0.717) is 17.4 Å². The summed E-state index contributed by atoms with van der Waals surface area (Å²) in [5.41, 5.74) is 1.98. The molecular formula is C18H14N2O3S2. The first-order valence-electron chi connectivity index (χ1n) is 7.70. The molecule has 3 aromatic rings. The Morgan fingerprint density at radius 3 is 2.84 bits per heavy atom. The maximum Gasteiger partial charge on any atom is 0.329 e. The van der Waals surface area contributed by atoms with Crippen molar-refractivity contribution in [3.05, 3.63) is 59.1 Å². The minimum Gasteiger partial charge on any atom is -0.489 e. The third-order valence-electron chi connectivity index (χ3n) is 3.73. The molecule has 2 heterocycles. The van der Waals surface area contributed by atoms with E-state index in [0.717, 1.165) is 26.5 Å². The van der Waals surface area contributed by atoms with Gasteiger partial charge in [0.25, 0.3) is 0 Å². The third kappa shape index (κ3) is 3.52. The highest BCUT2D eigenvalue weighted by atomic mass is 32.2. The third-order valence-corrected chi connectivity index (χ3v) is 5.94. The van der Waals surface area contributed by atoms with Gasteiger partial charge in [-0.2, -0.15) is 0 Å². The van der Waals surface area contributed by atoms with Crippen LogP contribution in [0.3, 0.4) is 0 Å². The van der Waals surface area contributed by atoms with Crippen molar-refractivity contribution in [3.8, 4) is 5.75 Å². The maximum absolute atomic E-state index is 11.0. The van der Waals surface area contributed by atoms with Gasteiger partial charge in [-0.25, -0.2) is 9.78 Å². The molecule has 1 aromatic heterocycles. The van der Waals surface area contributed by atoms with Gasteiger partial charge < -0.3 is 9.84 Å². The number of hydrogen-bond acceptors (Lipinski definition) is 6. The highest BCUT2D eigenvalue weighted by Crippen LogP contribution is 2.31. The van der Waals surface area contributed by atoms with E-state index in [1.54, 1.807) is 0 Å². The smallest absolute Gasteiger partial charge is 0.329 e. The summed E-state index contributed by atoms with van der Waals surface area (Å²) in [4.78, 5) is 19.8. The lowest BCUT2D eigenvalue weighted by atomic mass is 10.2. The number of carbonyl (C=O) groups is 1. The van der Waals surface area contributed by atoms with E-state index in [4.69, 9.17) is 9.84 Å². The number of ether oxygens (including phenoxy) is 1. The van der Waals surface area contributed by atoms with Crippen LogP contribution in [0.25, 0.3) is 10.2 Å². The second-order valence-electron chi connectivity index (χ2n) is 5.52. The van der Waals surface area contributed by atoms with Gasteiger partial charge in [0, 0.05) is 5.75 Å². The highest BCUT2D eigenvalue weighted by Gasteiger charge is 2.26. The lowest BCUT2D eigenvalue weighted by molar-refractivity contribution is -0.137. The molecule has 0 saturated heterocycles. The van der Waals surface area contributed by atoms with E-state index >= 15 is 0 Å². The molecule has 1 atom stereocenters. The molecule has 25 heavy (non-hydrogen) atoms. The number of aromatic nitrogens is 1. The summed E-state index contributed by atoms with van der Waals surface area (Å²) in [5.74, 6) is 0.364. The zero-order valence-electron chi connectivity index (χ0n) is 13.1. The van der Waals surface area contributed by atoms with Crippen LogP contribution in [-0.2, 0) is 11.4 Å². The van der Waals surface area contributed by atoms with E-state index in [2.05, 4.69) is 9.98 Å². The van der Waals surface area contributed by atoms with Gasteiger partial charge in [-0.05, 0) is 23.8 Å². The fourth-order valence-electron chi connectivity index (χ4n) is 2.44. The Morgan fingerprint density at radius 2 is 2.08 bits per heavy atom. The molecule has 1 aliphatic rings. The average Bonchev–Trinajstić information content (AvgIpc) is 3.27. The number of aliphatic imine (C=N–C) groups is 1. The molecule has 5 nitrogen and oxygen atoms in total. The van der Waals surface area contributed by atoms with Crippen molar-refractivity contribution >= 4 is 44.3 Å². The number of nitrogens with zero attached hydrogens (tertiary/aromatic N) is 2. The lowest BCUT2D eigenvalue weighted by Gasteiger charge is -2.05. The van der Waals surface area contributed by atoms with Gasteiger partial charge in [-0.3, -0.25) is 4.99 Å². The molecule has 0 bridgehead atoms. The summed E-state index contributed by atoms with van der Waals surface area (Å²) in [6, 6.07) is 15.1. The van der Waals surface area contributed by atoms with E-state index in [9.17, 15) is 4.79 Å². The molecule has 7 heteroatoms. The molecule has 126 valence electrons. The Bertz CT molecular complexity index is 953. The fraction of sp³-hybridized carbons (Fsp3) is 0.167. The summed E-state index contributed by atoms with van der Waals surface area (Å²) in [7, 11) is 0. The van der Waals surface area contributed by atoms with Crippen LogP contribution < -0.4 is 4.74 Å². The number of thiazole rings is 1. The lowest BCUT2D eigenvalue weighted by Crippen LogP contribution is -2.17. The van der Waals surface area contributed by atoms with Crippen molar-refractivity contribution < 1.29 is 14.6 Å². The molecular weight excluding hydrogens is 356 g/mol. The van der Waals surface area contributed by atoms with Crippen LogP contribution >= 0.6 is 23.1 Å². The standard InChI is InChI=1S/C18H14N2O3S2/c21-18(22)14-10-24-16(20-14)17-19-13-7-6-12(8-15(13)25-17)23-9-11-4-2-1-3-5-11/h1-8,14H,9-10H2,(H,21,22)/t14-/m1/s1. The van der Waals surface area contributed by atoms with Crippen LogP contribution in [0.1, 0.15) is 10.6 Å². The van der Waals surface area contributed by atoms with Crippen LogP contribution in [0.2, 0.25) is 0 Å². The number of rotatable bonds is 5. The topological polar surface area (TPSA) is 71.8 Å². The summed E-state index contributed by atoms with van der Waals surface area (Å²) in [6.45, 7) is 0.515. The SMILES string of the molecule is O=C(O)[C@H]1CSC(c2nc3ccc(OCc4ccccc4)cc3s2)=N1. The van der Waals surface area contributed by atoms with E-state index in [-0.39, 0.29) is 0 Å². The van der Waals surface area contributed by atoms with Gasteiger partial charge in [0.1, 0.15) is 22.4 Å². The second kappa shape index (κ2) is 6.85. The summed E-state index contributed by atoms with van der Waals surface area (Å²) in [5, 5.41) is 10.5. The van der Waals surface area contributed by atoms with Gasteiger partial charge in [0.05, 0.1) is 10.2 Å². The number of thioether (sulfide) groups is 1. The van der Waals surface area contributed by atoms with Crippen molar-refractivity contribution in [1.82, 2.24) is 4.98 Å². The highest BCUT2D eigenvalue weighted by molar-refractivity contribution is 8.15. The fourth-order valence-corrected chi connectivity index (χ4v) is 4.54. The zero-order chi connectivity index (χ0) is 17.2. The minimum atomic E-state index is -0.889. The molecule has 0 amide bonds. The first kappa shape index (κ1) is 16.1. The van der Waals surface area contributed by atoms with Gasteiger partial charge in [-0.1, -0.05) is 30.3 Å².